The fourth-order valence-corrected chi connectivity index (χ4v) is 5.18. The molecule has 218 valence electrons. The zero-order valence-electron chi connectivity index (χ0n) is 23.7. The number of hydrogen-bond acceptors (Lipinski definition) is 6. The van der Waals surface area contributed by atoms with Gasteiger partial charge in [0, 0.05) is 29.6 Å². The number of carbonyl (C=O) groups is 2. The highest BCUT2D eigenvalue weighted by atomic mass is 35.5. The first-order valence-corrected chi connectivity index (χ1v) is 14.0. The molecule has 0 saturated carbocycles. The monoisotopic (exact) mass is 604 g/mol. The molecule has 4 aromatic carbocycles. The van der Waals surface area contributed by atoms with Crippen LogP contribution in [0.2, 0.25) is 5.02 Å². The fraction of sp³-hybridized carbons (Fsp3) is 0.111. The number of aromatic nitrogens is 1. The molecular formula is C36H26ClFN2O4. The summed E-state index contributed by atoms with van der Waals surface area (Å²) in [7, 11) is 0. The Balaban J connectivity index is 1.40. The lowest BCUT2D eigenvalue weighted by atomic mass is 9.89. The molecule has 0 aliphatic heterocycles. The third kappa shape index (κ3) is 6.51. The highest BCUT2D eigenvalue weighted by Gasteiger charge is 2.16. The Morgan fingerprint density at radius 2 is 1.59 bits per heavy atom. The molecule has 8 heteroatoms. The van der Waals surface area contributed by atoms with E-state index in [-0.39, 0.29) is 29.5 Å². The summed E-state index contributed by atoms with van der Waals surface area (Å²) in [6.07, 6.45) is 4.46. The topological polar surface area (TPSA) is 89.3 Å². The van der Waals surface area contributed by atoms with Crippen molar-refractivity contribution in [2.75, 3.05) is 0 Å². The van der Waals surface area contributed by atoms with E-state index in [0.29, 0.717) is 34.3 Å². The van der Waals surface area contributed by atoms with Gasteiger partial charge in [0.2, 0.25) is 0 Å². The summed E-state index contributed by atoms with van der Waals surface area (Å²) < 4.78 is 26.6. The number of aldehydes is 2. The normalized spacial score (nSPS) is 10.6. The highest BCUT2D eigenvalue weighted by molar-refractivity contribution is 6.32. The molecule has 0 amide bonds. The molecule has 0 fully saturated rings. The average Bonchev–Trinajstić information content (AvgIpc) is 3.07. The third-order valence-electron chi connectivity index (χ3n) is 7.30. The largest absolute Gasteiger partial charge is 0.488 e. The number of hydrogen-bond donors (Lipinski definition) is 0. The summed E-state index contributed by atoms with van der Waals surface area (Å²) in [4.78, 5) is 26.8. The number of halogens is 2. The maximum absolute atomic E-state index is 14.6. The fourth-order valence-electron chi connectivity index (χ4n) is 4.95. The van der Waals surface area contributed by atoms with Crippen molar-refractivity contribution in [3.05, 3.63) is 135 Å². The number of alkyl halides is 1. The van der Waals surface area contributed by atoms with Gasteiger partial charge in [-0.25, -0.2) is 4.39 Å². The Morgan fingerprint density at radius 3 is 2.32 bits per heavy atom. The van der Waals surface area contributed by atoms with Gasteiger partial charge in [0.1, 0.15) is 43.7 Å². The first-order chi connectivity index (χ1) is 21.4. The first kappa shape index (κ1) is 30.1. The lowest BCUT2D eigenvalue weighted by Crippen LogP contribution is -2.03. The number of rotatable bonds is 11. The lowest BCUT2D eigenvalue weighted by molar-refractivity contribution is 0.111. The Labute approximate surface area is 259 Å². The Morgan fingerprint density at radius 1 is 0.864 bits per heavy atom. The smallest absolute Gasteiger partial charge is 0.153 e. The summed E-state index contributed by atoms with van der Waals surface area (Å²) in [5.41, 5.74) is 7.42. The molecule has 0 atom stereocenters. The summed E-state index contributed by atoms with van der Waals surface area (Å²) in [6, 6.07) is 25.2. The second-order valence-electron chi connectivity index (χ2n) is 10.0. The van der Waals surface area contributed by atoms with E-state index in [0.717, 1.165) is 39.7 Å². The number of nitrogens with zero attached hydrogens (tertiary/aromatic N) is 2. The molecule has 44 heavy (non-hydrogen) atoms. The van der Waals surface area contributed by atoms with Crippen LogP contribution in [0.1, 0.15) is 48.5 Å². The van der Waals surface area contributed by atoms with E-state index in [1.807, 2.05) is 61.5 Å². The van der Waals surface area contributed by atoms with Gasteiger partial charge in [0.25, 0.3) is 0 Å². The Hall–Kier alpha value is -5.32. The van der Waals surface area contributed by atoms with Crippen molar-refractivity contribution in [3.8, 4) is 39.8 Å². The molecule has 0 aliphatic carbocycles. The van der Waals surface area contributed by atoms with Crippen molar-refractivity contribution in [3.63, 3.8) is 0 Å². The summed E-state index contributed by atoms with van der Waals surface area (Å²) >= 11 is 6.46. The van der Waals surface area contributed by atoms with Gasteiger partial charge in [-0.05, 0) is 58.0 Å². The number of carbonyl (C=O) groups excluding carboxylic acids is 2. The molecule has 0 N–H and O–H groups in total. The summed E-state index contributed by atoms with van der Waals surface area (Å²) in [6.45, 7) is 1.53. The van der Waals surface area contributed by atoms with Crippen LogP contribution in [0.3, 0.4) is 0 Å². The van der Waals surface area contributed by atoms with E-state index in [4.69, 9.17) is 26.3 Å². The van der Waals surface area contributed by atoms with Crippen LogP contribution in [0, 0.1) is 18.3 Å². The quantitative estimate of drug-likeness (QED) is 0.140. The maximum atomic E-state index is 14.6. The van der Waals surface area contributed by atoms with Gasteiger partial charge in [-0.3, -0.25) is 14.6 Å². The standard InChI is InChI=1S/C36H26ClFN2O4/c1-23-28(4-2-5-30(23)32-7-3-6-31(33(32)15-38)27-10-8-24(19-41)9-11-27)22-44-36-14-35(29(20-42)13-34(36)37)43-21-26-12-25(16-39)17-40-18-26/h2-14,17-20H,15,21-22H2,1H3. The van der Waals surface area contributed by atoms with Gasteiger partial charge < -0.3 is 9.47 Å². The van der Waals surface area contributed by atoms with Crippen LogP contribution in [-0.2, 0) is 19.9 Å². The number of pyridine rings is 1. The van der Waals surface area contributed by atoms with Crippen LogP contribution < -0.4 is 9.47 Å². The highest BCUT2D eigenvalue weighted by Crippen LogP contribution is 2.37. The molecule has 0 bridgehead atoms. The van der Waals surface area contributed by atoms with Gasteiger partial charge in [-0.2, -0.15) is 5.26 Å². The number of nitriles is 1. The third-order valence-corrected chi connectivity index (χ3v) is 7.59. The van der Waals surface area contributed by atoms with Crippen molar-refractivity contribution in [1.82, 2.24) is 4.98 Å². The van der Waals surface area contributed by atoms with Crippen molar-refractivity contribution in [2.45, 2.75) is 26.8 Å². The predicted octanol–water partition coefficient (Wildman–Crippen LogP) is 8.50. The molecule has 5 aromatic rings. The average molecular weight is 605 g/mol. The number of benzene rings is 4. The minimum Gasteiger partial charge on any atom is -0.488 e. The molecule has 5 rings (SSSR count). The molecule has 0 saturated heterocycles. The molecule has 0 aliphatic rings. The van der Waals surface area contributed by atoms with E-state index in [2.05, 4.69) is 4.98 Å². The van der Waals surface area contributed by atoms with Gasteiger partial charge in [-0.15, -0.1) is 0 Å². The van der Waals surface area contributed by atoms with Crippen molar-refractivity contribution in [2.24, 2.45) is 0 Å². The maximum Gasteiger partial charge on any atom is 0.153 e. The van der Waals surface area contributed by atoms with Gasteiger partial charge in [0.05, 0.1) is 16.1 Å². The number of ether oxygens (including phenoxy) is 2. The van der Waals surface area contributed by atoms with Crippen LogP contribution in [0.5, 0.6) is 11.5 Å². The molecular weight excluding hydrogens is 579 g/mol. The van der Waals surface area contributed by atoms with Crippen LogP contribution in [-0.4, -0.2) is 17.6 Å². The van der Waals surface area contributed by atoms with Gasteiger partial charge >= 0.3 is 0 Å². The lowest BCUT2D eigenvalue weighted by Gasteiger charge is -2.18. The molecule has 1 aromatic heterocycles. The molecule has 0 unspecified atom stereocenters. The minimum absolute atomic E-state index is 0.0861. The predicted molar refractivity (Wildman–Crippen MR) is 167 cm³/mol. The second kappa shape index (κ2) is 13.8. The van der Waals surface area contributed by atoms with Crippen LogP contribution >= 0.6 is 11.6 Å². The molecule has 0 spiro atoms. The van der Waals surface area contributed by atoms with E-state index >= 15 is 0 Å². The van der Waals surface area contributed by atoms with Gasteiger partial charge in [-0.1, -0.05) is 72.3 Å². The van der Waals surface area contributed by atoms with Crippen LogP contribution in [0.25, 0.3) is 22.3 Å². The summed E-state index contributed by atoms with van der Waals surface area (Å²) in [5, 5.41) is 9.36. The van der Waals surface area contributed by atoms with Crippen molar-refractivity contribution < 1.29 is 23.5 Å². The zero-order valence-corrected chi connectivity index (χ0v) is 24.5. The minimum atomic E-state index is -0.667. The zero-order chi connectivity index (χ0) is 31.1. The second-order valence-corrected chi connectivity index (χ2v) is 10.4. The van der Waals surface area contributed by atoms with E-state index in [9.17, 15) is 14.0 Å². The molecule has 6 nitrogen and oxygen atoms in total. The SMILES string of the molecule is Cc1c(COc2cc(OCc3cncc(C#N)c3)c(C=O)cc2Cl)cccc1-c1cccc(-c2ccc(C=O)cc2)c1CF. The first-order valence-electron chi connectivity index (χ1n) is 13.7. The summed E-state index contributed by atoms with van der Waals surface area (Å²) in [5.74, 6) is 0.601. The molecule has 0 radical (unpaired) electrons. The van der Waals surface area contributed by atoms with E-state index < -0.39 is 6.67 Å². The molecule has 1 heterocycles. The van der Waals surface area contributed by atoms with Gasteiger partial charge in [0.15, 0.2) is 6.29 Å². The van der Waals surface area contributed by atoms with Crippen molar-refractivity contribution in [1.29, 1.82) is 5.26 Å². The Kier molecular flexibility index (Phi) is 9.43. The van der Waals surface area contributed by atoms with E-state index in [1.165, 1.54) is 12.3 Å². The van der Waals surface area contributed by atoms with E-state index in [1.54, 1.807) is 30.5 Å². The van der Waals surface area contributed by atoms with Crippen molar-refractivity contribution >= 4 is 24.2 Å². The van der Waals surface area contributed by atoms with Crippen LogP contribution in [0.4, 0.5) is 4.39 Å². The van der Waals surface area contributed by atoms with Crippen LogP contribution in [0.15, 0.2) is 91.3 Å². The Bertz CT molecular complexity index is 1880.